The smallest absolute Gasteiger partial charge is 0.0175 e. The van der Waals surface area contributed by atoms with Crippen molar-refractivity contribution in [2.45, 2.75) is 53.0 Å². The van der Waals surface area contributed by atoms with Gasteiger partial charge in [-0.1, -0.05) is 27.7 Å². The quantitative estimate of drug-likeness (QED) is 0.690. The zero-order valence-electron chi connectivity index (χ0n) is 9.48. The first-order chi connectivity index (χ1) is 6.00. The van der Waals surface area contributed by atoms with E-state index < -0.39 is 0 Å². The van der Waals surface area contributed by atoms with Crippen LogP contribution in [0.15, 0.2) is 0 Å². The van der Waals surface area contributed by atoms with E-state index >= 15 is 0 Å². The first kappa shape index (κ1) is 9.51. The molecule has 0 saturated heterocycles. The van der Waals surface area contributed by atoms with Crippen LogP contribution in [-0.4, -0.2) is 12.6 Å². The van der Waals surface area contributed by atoms with Gasteiger partial charge in [-0.3, -0.25) is 0 Å². The number of nitrogens with one attached hydrogen (secondary N) is 1. The molecule has 1 unspecified atom stereocenters. The fourth-order valence-electron chi connectivity index (χ4n) is 4.02. The molecule has 0 spiro atoms. The highest BCUT2D eigenvalue weighted by Crippen LogP contribution is 2.62. The highest BCUT2D eigenvalue weighted by atomic mass is 15.0. The Hall–Kier alpha value is -0.0400. The third-order valence-electron chi connectivity index (χ3n) is 4.68. The highest BCUT2D eigenvalue weighted by molar-refractivity contribution is 5.11. The molecule has 2 rings (SSSR count). The molecule has 13 heavy (non-hydrogen) atoms. The summed E-state index contributed by atoms with van der Waals surface area (Å²) in [6.45, 7) is 10.7. The van der Waals surface area contributed by atoms with Gasteiger partial charge in [0.1, 0.15) is 0 Å². The average Bonchev–Trinajstić information content (AvgIpc) is 2.50. The van der Waals surface area contributed by atoms with E-state index in [0.29, 0.717) is 10.8 Å². The van der Waals surface area contributed by atoms with Crippen molar-refractivity contribution in [2.24, 2.45) is 16.7 Å². The van der Waals surface area contributed by atoms with E-state index in [-0.39, 0.29) is 0 Å². The fourth-order valence-corrected chi connectivity index (χ4v) is 4.02. The zero-order chi connectivity index (χ0) is 9.69. The van der Waals surface area contributed by atoms with Gasteiger partial charge in [0.25, 0.3) is 0 Å². The topological polar surface area (TPSA) is 12.0 Å². The Bertz CT molecular complexity index is 204. The molecule has 1 N–H and O–H groups in total. The molecule has 0 aromatic carbocycles. The van der Waals surface area contributed by atoms with Gasteiger partial charge in [0.15, 0.2) is 0 Å². The maximum Gasteiger partial charge on any atom is 0.0175 e. The van der Waals surface area contributed by atoms with E-state index in [9.17, 15) is 0 Å². The molecule has 3 atom stereocenters. The van der Waals surface area contributed by atoms with Gasteiger partial charge in [0.2, 0.25) is 0 Å². The van der Waals surface area contributed by atoms with Gasteiger partial charge in [-0.25, -0.2) is 0 Å². The number of hydrogen-bond donors (Lipinski definition) is 1. The van der Waals surface area contributed by atoms with Gasteiger partial charge in [0, 0.05) is 6.04 Å². The van der Waals surface area contributed by atoms with E-state index in [1.807, 2.05) is 0 Å². The van der Waals surface area contributed by atoms with Crippen molar-refractivity contribution in [3.63, 3.8) is 0 Å². The second-order valence-electron chi connectivity index (χ2n) is 5.91. The minimum atomic E-state index is 0.531. The summed E-state index contributed by atoms with van der Waals surface area (Å²) in [5.41, 5.74) is 1.13. The molecule has 0 heterocycles. The second kappa shape index (κ2) is 2.73. The molecule has 1 heteroatoms. The Labute approximate surface area is 82.3 Å². The fraction of sp³-hybridized carbons (Fsp3) is 1.00. The molecule has 0 aromatic heterocycles. The van der Waals surface area contributed by atoms with Crippen molar-refractivity contribution in [1.82, 2.24) is 5.32 Å². The molecule has 0 radical (unpaired) electrons. The molecular weight excluding hydrogens is 158 g/mol. The summed E-state index contributed by atoms with van der Waals surface area (Å²) in [5.74, 6) is 0.974. The van der Waals surface area contributed by atoms with Crippen LogP contribution in [0.5, 0.6) is 0 Å². The average molecular weight is 181 g/mol. The minimum absolute atomic E-state index is 0.531. The largest absolute Gasteiger partial charge is 0.313 e. The molecule has 2 fully saturated rings. The van der Waals surface area contributed by atoms with E-state index in [0.717, 1.165) is 18.5 Å². The number of rotatable bonds is 2. The molecular formula is C12H23N. The molecule has 0 aliphatic heterocycles. The molecule has 2 aliphatic carbocycles. The van der Waals surface area contributed by atoms with Crippen LogP contribution >= 0.6 is 0 Å². The summed E-state index contributed by atoms with van der Waals surface area (Å²) in [6.07, 6.45) is 4.36. The van der Waals surface area contributed by atoms with Gasteiger partial charge in [-0.15, -0.1) is 0 Å². The summed E-state index contributed by atoms with van der Waals surface area (Å²) in [6, 6.07) is 0.753. The lowest BCUT2D eigenvalue weighted by atomic mass is 9.68. The third-order valence-corrected chi connectivity index (χ3v) is 4.68. The predicted octanol–water partition coefficient (Wildman–Crippen LogP) is 2.81. The van der Waals surface area contributed by atoms with Gasteiger partial charge in [-0.05, 0) is 42.6 Å². The Balaban J connectivity index is 2.23. The summed E-state index contributed by atoms with van der Waals surface area (Å²) < 4.78 is 0. The summed E-state index contributed by atoms with van der Waals surface area (Å²) in [4.78, 5) is 0. The Morgan fingerprint density at radius 2 is 2.00 bits per heavy atom. The lowest BCUT2D eigenvalue weighted by molar-refractivity contribution is 0.111. The summed E-state index contributed by atoms with van der Waals surface area (Å²) in [5, 5.41) is 3.71. The first-order valence-electron chi connectivity index (χ1n) is 5.74. The summed E-state index contributed by atoms with van der Waals surface area (Å²) in [7, 11) is 0. The van der Waals surface area contributed by atoms with Crippen molar-refractivity contribution in [1.29, 1.82) is 0 Å². The molecule has 0 aromatic rings. The van der Waals surface area contributed by atoms with Crippen LogP contribution in [0.2, 0.25) is 0 Å². The second-order valence-corrected chi connectivity index (χ2v) is 5.91. The Morgan fingerprint density at radius 1 is 1.31 bits per heavy atom. The molecule has 1 nitrogen and oxygen atoms in total. The maximum absolute atomic E-state index is 3.71. The van der Waals surface area contributed by atoms with Crippen LogP contribution in [0.25, 0.3) is 0 Å². The Kier molecular flexibility index (Phi) is 1.99. The van der Waals surface area contributed by atoms with Gasteiger partial charge < -0.3 is 5.32 Å². The SMILES string of the molecule is CCNC1C(C)(C)[C@H]2CC[C@]1(C)C2. The van der Waals surface area contributed by atoms with Crippen molar-refractivity contribution in [2.75, 3.05) is 6.54 Å². The van der Waals surface area contributed by atoms with Crippen molar-refractivity contribution in [3.8, 4) is 0 Å². The number of fused-ring (bicyclic) bond motifs is 2. The normalized spacial score (nSPS) is 47.1. The molecule has 76 valence electrons. The maximum atomic E-state index is 3.71. The number of hydrogen-bond acceptors (Lipinski definition) is 1. The van der Waals surface area contributed by atoms with Crippen molar-refractivity contribution >= 4 is 0 Å². The monoisotopic (exact) mass is 181 g/mol. The van der Waals surface area contributed by atoms with Gasteiger partial charge in [0.05, 0.1) is 0 Å². The van der Waals surface area contributed by atoms with Crippen molar-refractivity contribution in [3.05, 3.63) is 0 Å². The first-order valence-corrected chi connectivity index (χ1v) is 5.74. The standard InChI is InChI=1S/C12H23N/c1-5-13-10-11(2,3)9-6-7-12(10,4)8-9/h9-10,13H,5-8H2,1-4H3/t9-,10?,12+/m0/s1. The van der Waals surface area contributed by atoms with Crippen LogP contribution in [0, 0.1) is 16.7 Å². The van der Waals surface area contributed by atoms with E-state index in [4.69, 9.17) is 0 Å². The van der Waals surface area contributed by atoms with Crippen LogP contribution in [0.4, 0.5) is 0 Å². The van der Waals surface area contributed by atoms with E-state index in [1.54, 1.807) is 0 Å². The van der Waals surface area contributed by atoms with E-state index in [2.05, 4.69) is 33.0 Å². The minimum Gasteiger partial charge on any atom is -0.313 e. The van der Waals surface area contributed by atoms with Crippen LogP contribution in [0.1, 0.15) is 47.0 Å². The van der Waals surface area contributed by atoms with Crippen LogP contribution < -0.4 is 5.32 Å². The lowest BCUT2D eigenvalue weighted by Crippen LogP contribution is -2.50. The van der Waals surface area contributed by atoms with Crippen LogP contribution in [-0.2, 0) is 0 Å². The molecule has 2 bridgehead atoms. The third kappa shape index (κ3) is 1.16. The predicted molar refractivity (Wildman–Crippen MR) is 56.7 cm³/mol. The molecule has 2 aliphatic rings. The van der Waals surface area contributed by atoms with E-state index in [1.165, 1.54) is 19.3 Å². The highest BCUT2D eigenvalue weighted by Gasteiger charge is 2.58. The summed E-state index contributed by atoms with van der Waals surface area (Å²) >= 11 is 0. The van der Waals surface area contributed by atoms with Crippen molar-refractivity contribution < 1.29 is 0 Å². The lowest BCUT2D eigenvalue weighted by Gasteiger charge is -2.43. The van der Waals surface area contributed by atoms with Crippen LogP contribution in [0.3, 0.4) is 0 Å². The van der Waals surface area contributed by atoms with Gasteiger partial charge >= 0.3 is 0 Å². The molecule has 2 saturated carbocycles. The van der Waals surface area contributed by atoms with Gasteiger partial charge in [-0.2, -0.15) is 0 Å². The molecule has 0 amide bonds. The zero-order valence-corrected chi connectivity index (χ0v) is 9.48. The Morgan fingerprint density at radius 3 is 2.46 bits per heavy atom.